The van der Waals surface area contributed by atoms with Crippen molar-refractivity contribution in [3.05, 3.63) is 35.3 Å². The predicted molar refractivity (Wildman–Crippen MR) is 88.0 cm³/mol. The Bertz CT molecular complexity index is 654. The van der Waals surface area contributed by atoms with Crippen LogP contribution in [0.15, 0.2) is 18.6 Å². The Kier molecular flexibility index (Phi) is 4.34. The van der Waals surface area contributed by atoms with Crippen molar-refractivity contribution >= 4 is 17.4 Å². The molecule has 2 aromatic rings. The fourth-order valence-corrected chi connectivity index (χ4v) is 3.00. The number of halogens is 1. The van der Waals surface area contributed by atoms with Gasteiger partial charge in [0.2, 0.25) is 0 Å². The van der Waals surface area contributed by atoms with E-state index >= 15 is 0 Å². The summed E-state index contributed by atoms with van der Waals surface area (Å²) in [7, 11) is 0. The molecule has 6 heteroatoms. The van der Waals surface area contributed by atoms with Gasteiger partial charge in [-0.05, 0) is 38.2 Å². The Morgan fingerprint density at radius 3 is 2.82 bits per heavy atom. The highest BCUT2D eigenvalue weighted by Crippen LogP contribution is 2.39. The predicted octanol–water partition coefficient (Wildman–Crippen LogP) is 3.32. The minimum absolute atomic E-state index is 0.585. The number of nitrogens with zero attached hydrogens (tertiary/aromatic N) is 5. The molecule has 0 aromatic carbocycles. The van der Waals surface area contributed by atoms with Gasteiger partial charge in [-0.15, -0.1) is 0 Å². The van der Waals surface area contributed by atoms with Crippen LogP contribution in [-0.4, -0.2) is 26.1 Å². The SMILES string of the molecule is CCn1cnc(Cl)c1CN(CC1CC1C)c1ccnc(C)n1. The van der Waals surface area contributed by atoms with Crippen LogP contribution >= 0.6 is 11.6 Å². The number of imidazole rings is 1. The maximum atomic E-state index is 6.28. The molecule has 22 heavy (non-hydrogen) atoms. The number of aromatic nitrogens is 4. The van der Waals surface area contributed by atoms with Crippen molar-refractivity contribution in [2.75, 3.05) is 11.4 Å². The molecule has 1 aliphatic carbocycles. The average molecular weight is 320 g/mol. The van der Waals surface area contributed by atoms with Gasteiger partial charge in [0, 0.05) is 19.3 Å². The second-order valence-corrected chi connectivity index (χ2v) is 6.44. The van der Waals surface area contributed by atoms with Gasteiger partial charge in [0.1, 0.15) is 11.6 Å². The lowest BCUT2D eigenvalue weighted by Gasteiger charge is -2.24. The van der Waals surface area contributed by atoms with E-state index in [0.29, 0.717) is 5.15 Å². The zero-order valence-electron chi connectivity index (χ0n) is 13.3. The summed E-state index contributed by atoms with van der Waals surface area (Å²) in [4.78, 5) is 15.3. The molecule has 1 aliphatic rings. The summed E-state index contributed by atoms with van der Waals surface area (Å²) in [5, 5.41) is 0.585. The summed E-state index contributed by atoms with van der Waals surface area (Å²) < 4.78 is 2.10. The Morgan fingerprint density at radius 2 is 2.18 bits per heavy atom. The third-order valence-corrected chi connectivity index (χ3v) is 4.71. The van der Waals surface area contributed by atoms with Gasteiger partial charge >= 0.3 is 0 Å². The van der Waals surface area contributed by atoms with Crippen LogP contribution in [0.1, 0.15) is 31.8 Å². The fourth-order valence-electron chi connectivity index (χ4n) is 2.79. The fraction of sp³-hybridized carbons (Fsp3) is 0.562. The van der Waals surface area contributed by atoms with Crippen molar-refractivity contribution in [3.8, 4) is 0 Å². The topological polar surface area (TPSA) is 46.8 Å². The highest BCUT2D eigenvalue weighted by molar-refractivity contribution is 6.30. The van der Waals surface area contributed by atoms with E-state index in [2.05, 4.69) is 38.3 Å². The van der Waals surface area contributed by atoms with Crippen LogP contribution in [0.5, 0.6) is 0 Å². The molecule has 0 saturated heterocycles. The third kappa shape index (κ3) is 3.24. The first-order valence-electron chi connectivity index (χ1n) is 7.82. The van der Waals surface area contributed by atoms with Crippen LogP contribution in [-0.2, 0) is 13.1 Å². The lowest BCUT2D eigenvalue weighted by molar-refractivity contribution is 0.637. The summed E-state index contributed by atoms with van der Waals surface area (Å²) >= 11 is 6.28. The van der Waals surface area contributed by atoms with Crippen LogP contribution in [0, 0.1) is 18.8 Å². The first kappa shape index (κ1) is 15.3. The van der Waals surface area contributed by atoms with Crippen LogP contribution in [0.25, 0.3) is 0 Å². The highest BCUT2D eigenvalue weighted by Gasteiger charge is 2.34. The second-order valence-electron chi connectivity index (χ2n) is 6.08. The van der Waals surface area contributed by atoms with Gasteiger partial charge in [-0.25, -0.2) is 15.0 Å². The molecule has 2 unspecified atom stereocenters. The van der Waals surface area contributed by atoms with Crippen LogP contribution < -0.4 is 4.90 Å². The molecular formula is C16H22ClN5. The van der Waals surface area contributed by atoms with Crippen molar-refractivity contribution in [3.63, 3.8) is 0 Å². The Labute approximate surface area is 136 Å². The van der Waals surface area contributed by atoms with E-state index in [1.165, 1.54) is 6.42 Å². The summed E-state index contributed by atoms with van der Waals surface area (Å²) in [6.07, 6.45) is 4.92. The molecule has 0 N–H and O–H groups in total. The van der Waals surface area contributed by atoms with Gasteiger partial charge in [-0.3, -0.25) is 0 Å². The minimum atomic E-state index is 0.585. The second kappa shape index (κ2) is 6.24. The van der Waals surface area contributed by atoms with Crippen molar-refractivity contribution in [1.82, 2.24) is 19.5 Å². The molecule has 2 atom stereocenters. The van der Waals surface area contributed by atoms with E-state index in [9.17, 15) is 0 Å². The monoisotopic (exact) mass is 319 g/mol. The molecule has 0 radical (unpaired) electrons. The minimum Gasteiger partial charge on any atom is -0.350 e. The number of hydrogen-bond donors (Lipinski definition) is 0. The van der Waals surface area contributed by atoms with E-state index in [4.69, 9.17) is 11.6 Å². The highest BCUT2D eigenvalue weighted by atomic mass is 35.5. The molecule has 5 nitrogen and oxygen atoms in total. The molecule has 3 rings (SSSR count). The Morgan fingerprint density at radius 1 is 1.41 bits per heavy atom. The lowest BCUT2D eigenvalue weighted by atomic mass is 10.3. The molecule has 0 spiro atoms. The number of aryl methyl sites for hydroxylation is 2. The molecular weight excluding hydrogens is 298 g/mol. The van der Waals surface area contributed by atoms with Crippen molar-refractivity contribution in [2.24, 2.45) is 11.8 Å². The summed E-state index contributed by atoms with van der Waals surface area (Å²) in [6, 6.07) is 1.97. The molecule has 118 valence electrons. The average Bonchev–Trinajstić information content (AvgIpc) is 3.08. The number of anilines is 1. The third-order valence-electron chi connectivity index (χ3n) is 4.39. The quantitative estimate of drug-likeness (QED) is 0.819. The zero-order chi connectivity index (χ0) is 15.7. The molecule has 1 fully saturated rings. The van der Waals surface area contributed by atoms with Gasteiger partial charge in [-0.2, -0.15) is 0 Å². The van der Waals surface area contributed by atoms with Crippen LogP contribution in [0.4, 0.5) is 5.82 Å². The van der Waals surface area contributed by atoms with Crippen molar-refractivity contribution in [1.29, 1.82) is 0 Å². The van der Waals surface area contributed by atoms with Gasteiger partial charge in [-0.1, -0.05) is 18.5 Å². The van der Waals surface area contributed by atoms with E-state index in [0.717, 1.165) is 48.8 Å². The molecule has 0 bridgehead atoms. The standard InChI is InChI=1S/C16H22ClN5/c1-4-21-10-19-16(17)14(21)9-22(8-13-7-11(13)2)15-5-6-18-12(3)20-15/h5-6,10-11,13H,4,7-9H2,1-3H3. The largest absolute Gasteiger partial charge is 0.350 e. The normalized spacial score (nSPS) is 20.2. The maximum Gasteiger partial charge on any atom is 0.152 e. The molecule has 0 amide bonds. The summed E-state index contributed by atoms with van der Waals surface area (Å²) in [6.45, 7) is 8.92. The van der Waals surface area contributed by atoms with E-state index < -0.39 is 0 Å². The van der Waals surface area contributed by atoms with E-state index in [-0.39, 0.29) is 0 Å². The first-order valence-corrected chi connectivity index (χ1v) is 8.20. The summed E-state index contributed by atoms with van der Waals surface area (Å²) in [5.41, 5.74) is 1.05. The molecule has 0 aliphatic heterocycles. The molecule has 2 aromatic heterocycles. The Balaban J connectivity index is 1.86. The summed E-state index contributed by atoms with van der Waals surface area (Å²) in [5.74, 6) is 3.30. The van der Waals surface area contributed by atoms with Crippen LogP contribution in [0.3, 0.4) is 0 Å². The van der Waals surface area contributed by atoms with Gasteiger partial charge in [0.15, 0.2) is 5.15 Å². The Hall–Kier alpha value is -1.62. The van der Waals surface area contributed by atoms with Gasteiger partial charge in [0.25, 0.3) is 0 Å². The molecule has 2 heterocycles. The smallest absolute Gasteiger partial charge is 0.152 e. The lowest BCUT2D eigenvalue weighted by Crippen LogP contribution is -2.28. The van der Waals surface area contributed by atoms with Gasteiger partial charge in [0.05, 0.1) is 18.6 Å². The van der Waals surface area contributed by atoms with E-state index in [1.54, 1.807) is 6.33 Å². The van der Waals surface area contributed by atoms with Crippen LogP contribution in [0.2, 0.25) is 5.15 Å². The number of hydrogen-bond acceptors (Lipinski definition) is 4. The maximum absolute atomic E-state index is 6.28. The first-order chi connectivity index (χ1) is 10.6. The van der Waals surface area contributed by atoms with Crippen molar-refractivity contribution in [2.45, 2.75) is 40.3 Å². The molecule has 1 saturated carbocycles. The number of rotatable bonds is 6. The zero-order valence-corrected chi connectivity index (χ0v) is 14.1. The van der Waals surface area contributed by atoms with Crippen molar-refractivity contribution < 1.29 is 0 Å². The van der Waals surface area contributed by atoms with E-state index in [1.807, 2.05) is 19.2 Å². The van der Waals surface area contributed by atoms with Gasteiger partial charge < -0.3 is 9.47 Å².